The van der Waals surface area contributed by atoms with E-state index in [2.05, 4.69) is 79.4 Å². The minimum absolute atomic E-state index is 0.0545. The van der Waals surface area contributed by atoms with Crippen molar-refractivity contribution in [1.29, 1.82) is 5.26 Å². The first-order valence-electron chi connectivity index (χ1n) is 24.2. The fraction of sp³-hybridized carbons (Fsp3) is 0.529. The van der Waals surface area contributed by atoms with Crippen molar-refractivity contribution >= 4 is 58.4 Å². The highest BCUT2D eigenvalue weighted by Gasteiger charge is 2.64. The maximum absolute atomic E-state index is 13.5. The maximum atomic E-state index is 13.5. The van der Waals surface area contributed by atoms with Crippen molar-refractivity contribution in [2.45, 2.75) is 110 Å². The predicted octanol–water partition coefficient (Wildman–Crippen LogP) is 6.99. The van der Waals surface area contributed by atoms with Gasteiger partial charge in [0.1, 0.15) is 35.4 Å². The minimum atomic E-state index is -0.391. The van der Waals surface area contributed by atoms with E-state index in [9.17, 15) is 19.6 Å². The molecule has 4 aromatic rings. The molecule has 0 radical (unpaired) electrons. The van der Waals surface area contributed by atoms with Gasteiger partial charge in [-0.1, -0.05) is 59.1 Å². The van der Waals surface area contributed by atoms with Gasteiger partial charge in [-0.15, -0.1) is 0 Å². The van der Waals surface area contributed by atoms with E-state index in [0.29, 0.717) is 68.8 Å². The van der Waals surface area contributed by atoms with E-state index in [-0.39, 0.29) is 48.0 Å². The number of methoxy groups -OCH3 is 1. The van der Waals surface area contributed by atoms with Crippen LogP contribution in [0.15, 0.2) is 55.0 Å². The largest absolute Gasteiger partial charge is 0.495 e. The van der Waals surface area contributed by atoms with Crippen LogP contribution in [0, 0.1) is 28.1 Å². The van der Waals surface area contributed by atoms with Crippen molar-refractivity contribution in [3.05, 3.63) is 76.7 Å². The van der Waals surface area contributed by atoms with E-state index in [1.807, 2.05) is 13.0 Å². The predicted molar refractivity (Wildman–Crippen MR) is 265 cm³/mol. The van der Waals surface area contributed by atoms with Crippen molar-refractivity contribution in [2.24, 2.45) is 16.7 Å². The average molecular weight is 960 g/mol. The Kier molecular flexibility index (Phi) is 13.3. The van der Waals surface area contributed by atoms with Crippen LogP contribution < -0.4 is 40.1 Å². The highest BCUT2D eigenvalue weighted by molar-refractivity contribution is 6.31. The molecule has 18 heteroatoms. The van der Waals surface area contributed by atoms with E-state index >= 15 is 0 Å². The lowest BCUT2D eigenvalue weighted by atomic mass is 9.49. The standard InChI is InChI=1S/C51H63ClN12O5/c1-8-39-45(67)61(6)40-26-54-48(59-42(40)64(39)35-11-9-10-12-35)58-38-16-14-31(21-41(38)68-7)43(65)57-34-28-62(29-34)27-30-17-19-63(20-18-30)49-55-24-33(25-56-49)44(66)60-46-50(2,3)47(51(46,4)5)69-36-15-13-32(23-53)37(52)22-36/h13-16,21-22,24-26,30,34-35,39,46-47H,8-12,17-20,27-29H2,1-7H3,(H,57,65)(H,60,66)(H,54,58,59)/t39-,46?,47?/m1/s1. The molecule has 69 heavy (non-hydrogen) atoms. The summed E-state index contributed by atoms with van der Waals surface area (Å²) in [7, 11) is 3.36. The van der Waals surface area contributed by atoms with Gasteiger partial charge in [0.15, 0.2) is 5.82 Å². The van der Waals surface area contributed by atoms with Gasteiger partial charge < -0.3 is 40.1 Å². The number of nitrogens with zero attached hydrogens (tertiary/aromatic N) is 9. The van der Waals surface area contributed by atoms with Crippen LogP contribution in [0.4, 0.5) is 29.1 Å². The van der Waals surface area contributed by atoms with Crippen LogP contribution in [0.2, 0.25) is 5.02 Å². The molecule has 3 amide bonds. The number of benzene rings is 2. The van der Waals surface area contributed by atoms with Crippen LogP contribution in [0.3, 0.4) is 0 Å². The van der Waals surface area contributed by atoms with Gasteiger partial charge in [0.2, 0.25) is 17.8 Å². The Morgan fingerprint density at radius 1 is 0.913 bits per heavy atom. The average Bonchev–Trinajstić information content (AvgIpc) is 3.87. The zero-order chi connectivity index (χ0) is 48.8. The number of rotatable bonds is 14. The summed E-state index contributed by atoms with van der Waals surface area (Å²) in [6.07, 6.45) is 11.7. The van der Waals surface area contributed by atoms with Crippen LogP contribution in [0.5, 0.6) is 11.5 Å². The van der Waals surface area contributed by atoms with Crippen molar-refractivity contribution in [3.8, 4) is 17.6 Å². The first kappa shape index (κ1) is 47.8. The van der Waals surface area contributed by atoms with Crippen molar-refractivity contribution < 1.29 is 23.9 Å². The van der Waals surface area contributed by atoms with E-state index in [1.54, 1.807) is 68.0 Å². The molecule has 4 fully saturated rings. The number of nitrogens with one attached hydrogen (secondary N) is 3. The molecule has 2 aromatic carbocycles. The third kappa shape index (κ3) is 9.33. The summed E-state index contributed by atoms with van der Waals surface area (Å²) >= 11 is 6.26. The van der Waals surface area contributed by atoms with Gasteiger partial charge in [0, 0.05) is 86.7 Å². The zero-order valence-electron chi connectivity index (χ0n) is 40.6. The number of ether oxygens (including phenoxy) is 2. The van der Waals surface area contributed by atoms with Gasteiger partial charge in [-0.2, -0.15) is 10.2 Å². The minimum Gasteiger partial charge on any atom is -0.495 e. The monoisotopic (exact) mass is 958 g/mol. The lowest BCUT2D eigenvalue weighted by Crippen LogP contribution is -2.74. The number of amides is 3. The highest BCUT2D eigenvalue weighted by Crippen LogP contribution is 2.55. The summed E-state index contributed by atoms with van der Waals surface area (Å²) in [5, 5.41) is 19.3. The fourth-order valence-electron chi connectivity index (χ4n) is 11.7. The molecular formula is C51H63ClN12O5. The van der Waals surface area contributed by atoms with Crippen molar-refractivity contribution in [3.63, 3.8) is 0 Å². The van der Waals surface area contributed by atoms with Crippen LogP contribution in [-0.2, 0) is 4.79 Å². The van der Waals surface area contributed by atoms with Gasteiger partial charge in [-0.05, 0) is 68.4 Å². The Hall–Kier alpha value is -6.25. The number of likely N-dealkylation sites (N-methyl/N-ethyl adjacent to an activating group) is 1. The Labute approximate surface area is 409 Å². The number of hydrogen-bond donors (Lipinski definition) is 3. The number of piperidine rings is 1. The fourth-order valence-corrected chi connectivity index (χ4v) is 11.9. The van der Waals surface area contributed by atoms with Crippen molar-refractivity contribution in [1.82, 2.24) is 35.5 Å². The lowest BCUT2D eigenvalue weighted by Gasteiger charge is -2.63. The second kappa shape index (κ2) is 19.3. The second-order valence-corrected chi connectivity index (χ2v) is 20.9. The SMILES string of the molecule is CC[C@@H]1C(=O)N(C)c2cnc(Nc3ccc(C(=O)NC4CN(CC5CCN(c6ncc(C(=O)NC7C(C)(C)C(Oc8ccc(C#N)c(Cl)c8)C7(C)C)cn6)CC5)C4)cc3OC)nc2N1C1CCCC1. The maximum Gasteiger partial charge on any atom is 0.254 e. The molecule has 0 bridgehead atoms. The highest BCUT2D eigenvalue weighted by atomic mass is 35.5. The number of carbonyl (C=O) groups is 3. The molecule has 5 aliphatic rings. The summed E-state index contributed by atoms with van der Waals surface area (Å²) < 4.78 is 12.1. The van der Waals surface area contributed by atoms with E-state index in [1.165, 1.54) is 0 Å². The number of likely N-dealkylation sites (tertiary alicyclic amines) is 1. The Bertz CT molecular complexity index is 2600. The molecule has 0 unspecified atom stereocenters. The zero-order valence-corrected chi connectivity index (χ0v) is 41.3. The van der Waals surface area contributed by atoms with Gasteiger partial charge in [-0.25, -0.2) is 15.0 Å². The van der Waals surface area contributed by atoms with Crippen molar-refractivity contribution in [2.75, 3.05) is 66.9 Å². The first-order chi connectivity index (χ1) is 33.1. The number of anilines is 5. The van der Waals surface area contributed by atoms with Gasteiger partial charge in [0.25, 0.3) is 11.8 Å². The number of carbonyl (C=O) groups excluding carboxylic acids is 3. The third-order valence-electron chi connectivity index (χ3n) is 15.2. The number of hydrogen-bond acceptors (Lipinski definition) is 14. The summed E-state index contributed by atoms with van der Waals surface area (Å²) in [4.78, 5) is 67.4. The van der Waals surface area contributed by atoms with Gasteiger partial charge in [0.05, 0.1) is 41.2 Å². The normalized spacial score (nSPS) is 22.5. The molecule has 3 N–H and O–H groups in total. The first-order valence-corrected chi connectivity index (χ1v) is 24.6. The smallest absolute Gasteiger partial charge is 0.254 e. The molecule has 5 heterocycles. The van der Waals surface area contributed by atoms with E-state index in [4.69, 9.17) is 26.1 Å². The molecule has 17 nitrogen and oxygen atoms in total. The lowest BCUT2D eigenvalue weighted by molar-refractivity contribution is -0.164. The molecule has 2 aromatic heterocycles. The van der Waals surface area contributed by atoms with Crippen LogP contribution in [0.25, 0.3) is 0 Å². The van der Waals surface area contributed by atoms with Gasteiger partial charge in [-0.3, -0.25) is 19.3 Å². The summed E-state index contributed by atoms with van der Waals surface area (Å²) in [5.41, 5.74) is 1.85. The molecule has 1 atom stereocenters. The number of fused-ring (bicyclic) bond motifs is 1. The van der Waals surface area contributed by atoms with Crippen LogP contribution in [-0.4, -0.2) is 120 Å². The molecule has 2 aliphatic carbocycles. The Balaban J connectivity index is 0.720. The quantitative estimate of drug-likeness (QED) is 0.117. The molecule has 364 valence electrons. The summed E-state index contributed by atoms with van der Waals surface area (Å²) in [6.45, 7) is 14.5. The molecule has 3 aliphatic heterocycles. The topological polar surface area (TPSA) is 194 Å². The summed E-state index contributed by atoms with van der Waals surface area (Å²) in [5.74, 6) is 3.05. The molecule has 0 spiro atoms. The molecule has 2 saturated carbocycles. The molecule has 2 saturated heterocycles. The van der Waals surface area contributed by atoms with Crippen LogP contribution >= 0.6 is 11.6 Å². The van der Waals surface area contributed by atoms with Gasteiger partial charge >= 0.3 is 0 Å². The van der Waals surface area contributed by atoms with E-state index < -0.39 is 10.8 Å². The summed E-state index contributed by atoms with van der Waals surface area (Å²) in [6, 6.07) is 12.3. The molecule has 9 rings (SSSR count). The van der Waals surface area contributed by atoms with Crippen LogP contribution in [0.1, 0.15) is 106 Å². The second-order valence-electron chi connectivity index (χ2n) is 20.5. The Morgan fingerprint density at radius 2 is 1.61 bits per heavy atom. The van der Waals surface area contributed by atoms with E-state index in [0.717, 1.165) is 77.1 Å². The number of aromatic nitrogens is 4. The number of halogens is 1. The molecular weight excluding hydrogens is 896 g/mol. The Morgan fingerprint density at radius 3 is 2.26 bits per heavy atom. The number of nitriles is 1. The third-order valence-corrected chi connectivity index (χ3v) is 15.5.